The van der Waals surface area contributed by atoms with Gasteiger partial charge in [0.25, 0.3) is 0 Å². The molecule has 1 saturated heterocycles. The van der Waals surface area contributed by atoms with Gasteiger partial charge in [-0.2, -0.15) is 0 Å². The molecule has 1 unspecified atom stereocenters. The number of rotatable bonds is 3. The summed E-state index contributed by atoms with van der Waals surface area (Å²) in [4.78, 5) is 2.10. The van der Waals surface area contributed by atoms with Gasteiger partial charge in [-0.15, -0.1) is 10.2 Å². The molecule has 1 atom stereocenters. The fourth-order valence-corrected chi connectivity index (χ4v) is 1.28. The molecule has 0 aromatic carbocycles. The normalized spacial score (nSPS) is 17.8. The van der Waals surface area contributed by atoms with Crippen LogP contribution < -0.4 is 28.1 Å². The van der Waals surface area contributed by atoms with Crippen molar-refractivity contribution in [3.05, 3.63) is 24.5 Å². The standard InChI is InChI=1S/C10H15N2O.ClHO4/c1-11(2)9-3-5-12(6-4-9)7-10-8-13-10;2-1(3,4)5/h3-6,10H,7-8H2,1-2H3;(H,2,3,4,5)/q+1;/p-1. The Morgan fingerprint density at radius 3 is 2.06 bits per heavy atom. The first kappa shape index (κ1) is 15.1. The molecule has 8 heteroatoms. The van der Waals surface area contributed by atoms with E-state index in [2.05, 4.69) is 34.0 Å². The van der Waals surface area contributed by atoms with Crippen LogP contribution in [0.2, 0.25) is 0 Å². The predicted octanol–water partition coefficient (Wildman–Crippen LogP) is -4.32. The van der Waals surface area contributed by atoms with E-state index in [0.717, 1.165) is 13.2 Å². The van der Waals surface area contributed by atoms with Gasteiger partial charge in [-0.1, -0.05) is 0 Å². The highest BCUT2D eigenvalue weighted by molar-refractivity contribution is 5.41. The van der Waals surface area contributed by atoms with Gasteiger partial charge in [-0.05, 0) is 0 Å². The number of nitrogens with zero attached hydrogens (tertiary/aromatic N) is 2. The van der Waals surface area contributed by atoms with Gasteiger partial charge in [-0.3, -0.25) is 0 Å². The van der Waals surface area contributed by atoms with E-state index in [1.54, 1.807) is 0 Å². The third-order valence-electron chi connectivity index (χ3n) is 2.21. The summed E-state index contributed by atoms with van der Waals surface area (Å²) < 4.78 is 41.3. The van der Waals surface area contributed by atoms with E-state index < -0.39 is 10.2 Å². The second-order valence-electron chi connectivity index (χ2n) is 3.98. The molecular formula is C10H15ClN2O5. The molecule has 1 aromatic rings. The lowest BCUT2D eigenvalue weighted by molar-refractivity contribution is -2.00. The van der Waals surface area contributed by atoms with E-state index in [1.807, 2.05) is 14.1 Å². The topological polar surface area (TPSA) is 112 Å². The van der Waals surface area contributed by atoms with Crippen molar-refractivity contribution in [2.75, 3.05) is 25.6 Å². The first-order chi connectivity index (χ1) is 8.25. The maximum atomic E-state index is 8.49. The molecule has 1 fully saturated rings. The van der Waals surface area contributed by atoms with E-state index in [1.165, 1.54) is 5.69 Å². The Balaban J connectivity index is 0.000000280. The van der Waals surface area contributed by atoms with Crippen molar-refractivity contribution < 1.29 is 38.2 Å². The molecule has 1 aromatic heterocycles. The molecule has 0 bridgehead atoms. The third-order valence-corrected chi connectivity index (χ3v) is 2.21. The average molecular weight is 279 g/mol. The summed E-state index contributed by atoms with van der Waals surface area (Å²) in [6.07, 6.45) is 4.64. The Bertz CT molecular complexity index is 356. The van der Waals surface area contributed by atoms with Crippen LogP contribution in [0, 0.1) is 10.2 Å². The Hall–Kier alpha value is -0.960. The number of epoxide rings is 1. The van der Waals surface area contributed by atoms with Crippen molar-refractivity contribution in [3.8, 4) is 0 Å². The molecule has 1 aliphatic rings. The zero-order valence-electron chi connectivity index (χ0n) is 10.1. The summed E-state index contributed by atoms with van der Waals surface area (Å²) in [5, 5.41) is 0. The van der Waals surface area contributed by atoms with Crippen LogP contribution in [0.3, 0.4) is 0 Å². The van der Waals surface area contributed by atoms with Crippen molar-refractivity contribution in [2.24, 2.45) is 0 Å². The predicted molar refractivity (Wildman–Crippen MR) is 50.7 cm³/mol. The van der Waals surface area contributed by atoms with Crippen molar-refractivity contribution in [1.82, 2.24) is 0 Å². The van der Waals surface area contributed by atoms with Crippen LogP contribution in [0.5, 0.6) is 0 Å². The molecule has 0 aliphatic carbocycles. The lowest BCUT2D eigenvalue weighted by Crippen LogP contribution is -2.68. The molecule has 0 amide bonds. The van der Waals surface area contributed by atoms with Gasteiger partial charge < -0.3 is 9.64 Å². The van der Waals surface area contributed by atoms with Crippen molar-refractivity contribution in [3.63, 3.8) is 0 Å². The molecule has 7 nitrogen and oxygen atoms in total. The zero-order chi connectivity index (χ0) is 13.8. The van der Waals surface area contributed by atoms with Crippen LogP contribution in [-0.2, 0) is 11.3 Å². The highest BCUT2D eigenvalue weighted by atomic mass is 35.7. The monoisotopic (exact) mass is 278 g/mol. The van der Waals surface area contributed by atoms with E-state index in [0.29, 0.717) is 6.10 Å². The number of ether oxygens (including phenoxy) is 1. The maximum absolute atomic E-state index is 8.49. The Labute approximate surface area is 107 Å². The van der Waals surface area contributed by atoms with Gasteiger partial charge in [0, 0.05) is 31.9 Å². The molecule has 0 radical (unpaired) electrons. The van der Waals surface area contributed by atoms with Crippen molar-refractivity contribution in [1.29, 1.82) is 0 Å². The summed E-state index contributed by atoms with van der Waals surface area (Å²) in [5.41, 5.74) is 1.23. The minimum atomic E-state index is -4.94. The highest BCUT2D eigenvalue weighted by Crippen LogP contribution is 2.09. The van der Waals surface area contributed by atoms with E-state index >= 15 is 0 Å². The minimum Gasteiger partial charge on any atom is -0.377 e. The van der Waals surface area contributed by atoms with Gasteiger partial charge in [-0.25, -0.2) is 23.2 Å². The van der Waals surface area contributed by atoms with Crippen LogP contribution in [0.15, 0.2) is 24.5 Å². The molecule has 2 rings (SSSR count). The average Bonchev–Trinajstić information content (AvgIpc) is 3.00. The number of halogens is 1. The second-order valence-corrected chi connectivity index (χ2v) is 4.74. The van der Waals surface area contributed by atoms with Gasteiger partial charge in [0.2, 0.25) is 0 Å². The summed E-state index contributed by atoms with van der Waals surface area (Å²) in [5.74, 6) is 0. The van der Waals surface area contributed by atoms with Gasteiger partial charge >= 0.3 is 0 Å². The number of hydrogen-bond acceptors (Lipinski definition) is 6. The SMILES string of the molecule is CN(C)c1cc[n+](CC2CO2)cc1.[O-][Cl+3]([O-])([O-])[O-]. The Kier molecular flexibility index (Phi) is 5.27. The molecular weight excluding hydrogens is 264 g/mol. The van der Waals surface area contributed by atoms with E-state index in [9.17, 15) is 0 Å². The van der Waals surface area contributed by atoms with Crippen LogP contribution in [0.4, 0.5) is 5.69 Å². The van der Waals surface area contributed by atoms with Crippen LogP contribution in [-0.4, -0.2) is 26.8 Å². The van der Waals surface area contributed by atoms with Crippen LogP contribution in [0.25, 0.3) is 0 Å². The smallest absolute Gasteiger partial charge is 0.176 e. The number of hydrogen-bond donors (Lipinski definition) is 0. The summed E-state index contributed by atoms with van der Waals surface area (Å²) in [7, 11) is -0.854. The first-order valence-electron chi connectivity index (χ1n) is 5.15. The fourth-order valence-electron chi connectivity index (χ4n) is 1.28. The van der Waals surface area contributed by atoms with Crippen molar-refractivity contribution >= 4 is 5.69 Å². The molecule has 102 valence electrons. The molecule has 2 heterocycles. The van der Waals surface area contributed by atoms with E-state index in [4.69, 9.17) is 23.4 Å². The third kappa shape index (κ3) is 7.38. The Morgan fingerprint density at radius 1 is 1.28 bits per heavy atom. The van der Waals surface area contributed by atoms with Gasteiger partial charge in [0.15, 0.2) is 18.9 Å². The maximum Gasteiger partial charge on any atom is 0.176 e. The second kappa shape index (κ2) is 6.28. The van der Waals surface area contributed by atoms with Crippen LogP contribution in [0.1, 0.15) is 0 Å². The largest absolute Gasteiger partial charge is 0.377 e. The molecule has 0 spiro atoms. The molecule has 18 heavy (non-hydrogen) atoms. The minimum absolute atomic E-state index is 0.454. The number of pyridine rings is 1. The quantitative estimate of drug-likeness (QED) is 0.408. The Morgan fingerprint density at radius 2 is 1.72 bits per heavy atom. The molecule has 0 saturated carbocycles. The molecule has 0 N–H and O–H groups in total. The van der Waals surface area contributed by atoms with Gasteiger partial charge in [0.05, 0.1) is 6.61 Å². The van der Waals surface area contributed by atoms with Crippen molar-refractivity contribution in [2.45, 2.75) is 12.6 Å². The van der Waals surface area contributed by atoms with Crippen LogP contribution >= 0.6 is 0 Å². The fraction of sp³-hybridized carbons (Fsp3) is 0.500. The number of aromatic nitrogens is 1. The lowest BCUT2D eigenvalue weighted by Gasteiger charge is -2.17. The summed E-state index contributed by atoms with van der Waals surface area (Å²) in [6, 6.07) is 4.23. The highest BCUT2D eigenvalue weighted by Gasteiger charge is 2.26. The summed E-state index contributed by atoms with van der Waals surface area (Å²) in [6.45, 7) is 1.90. The lowest BCUT2D eigenvalue weighted by atomic mass is 10.3. The van der Waals surface area contributed by atoms with E-state index in [-0.39, 0.29) is 0 Å². The first-order valence-corrected chi connectivity index (χ1v) is 6.39. The number of anilines is 1. The van der Waals surface area contributed by atoms with Gasteiger partial charge in [0.1, 0.15) is 6.10 Å². The molecule has 1 aliphatic heterocycles. The zero-order valence-corrected chi connectivity index (χ0v) is 10.9. The summed E-state index contributed by atoms with van der Waals surface area (Å²) >= 11 is 0.